The number of nitrogens with zero attached hydrogens (tertiary/aromatic N) is 1. The maximum absolute atomic E-state index is 3.47. The van der Waals surface area contributed by atoms with Gasteiger partial charge in [0.1, 0.15) is 0 Å². The SMILES string of the molecule is CCNC(C)c1ccc(N2CCCCCCC2)cc1. The zero-order valence-corrected chi connectivity index (χ0v) is 12.5. The normalized spacial score (nSPS) is 18.7. The van der Waals surface area contributed by atoms with Crippen LogP contribution < -0.4 is 10.2 Å². The Morgan fingerprint density at radius 1 is 1.00 bits per heavy atom. The van der Waals surface area contributed by atoms with E-state index in [-0.39, 0.29) is 0 Å². The Labute approximate surface area is 118 Å². The highest BCUT2D eigenvalue weighted by molar-refractivity contribution is 5.48. The van der Waals surface area contributed by atoms with Crippen LogP contribution in [-0.2, 0) is 0 Å². The van der Waals surface area contributed by atoms with E-state index in [2.05, 4.69) is 48.3 Å². The molecular formula is C17H28N2. The molecule has 0 aliphatic carbocycles. The second kappa shape index (κ2) is 7.54. The van der Waals surface area contributed by atoms with Gasteiger partial charge in [-0.2, -0.15) is 0 Å². The van der Waals surface area contributed by atoms with Crippen molar-refractivity contribution in [2.45, 2.75) is 52.0 Å². The van der Waals surface area contributed by atoms with E-state index in [9.17, 15) is 0 Å². The van der Waals surface area contributed by atoms with Gasteiger partial charge in [-0.05, 0) is 44.0 Å². The molecule has 1 aliphatic heterocycles. The van der Waals surface area contributed by atoms with E-state index >= 15 is 0 Å². The smallest absolute Gasteiger partial charge is 0.0366 e. The van der Waals surface area contributed by atoms with Crippen LogP contribution in [-0.4, -0.2) is 19.6 Å². The second-order valence-electron chi connectivity index (χ2n) is 5.63. The quantitative estimate of drug-likeness (QED) is 0.875. The Bertz CT molecular complexity index is 350. The van der Waals surface area contributed by atoms with Crippen molar-refractivity contribution in [3.05, 3.63) is 29.8 Å². The van der Waals surface area contributed by atoms with E-state index in [1.165, 1.54) is 56.4 Å². The van der Waals surface area contributed by atoms with Gasteiger partial charge >= 0.3 is 0 Å². The number of hydrogen-bond donors (Lipinski definition) is 1. The van der Waals surface area contributed by atoms with Crippen LogP contribution in [0.3, 0.4) is 0 Å². The summed E-state index contributed by atoms with van der Waals surface area (Å²) in [6.45, 7) is 7.86. The number of hydrogen-bond acceptors (Lipinski definition) is 2. The Morgan fingerprint density at radius 3 is 2.16 bits per heavy atom. The van der Waals surface area contributed by atoms with E-state index < -0.39 is 0 Å². The van der Waals surface area contributed by atoms with Crippen molar-refractivity contribution >= 4 is 5.69 Å². The van der Waals surface area contributed by atoms with Gasteiger partial charge in [0.15, 0.2) is 0 Å². The van der Waals surface area contributed by atoms with Gasteiger partial charge in [0.25, 0.3) is 0 Å². The van der Waals surface area contributed by atoms with Crippen LogP contribution in [0, 0.1) is 0 Å². The third kappa shape index (κ3) is 4.24. The average molecular weight is 260 g/mol. The molecular weight excluding hydrogens is 232 g/mol. The predicted molar refractivity (Wildman–Crippen MR) is 83.8 cm³/mol. The van der Waals surface area contributed by atoms with E-state index in [1.54, 1.807) is 0 Å². The highest BCUT2D eigenvalue weighted by Crippen LogP contribution is 2.22. The first kappa shape index (κ1) is 14.4. The first-order valence-corrected chi connectivity index (χ1v) is 7.89. The lowest BCUT2D eigenvalue weighted by molar-refractivity contribution is 0.556. The molecule has 1 saturated heterocycles. The molecule has 0 aromatic heterocycles. The van der Waals surface area contributed by atoms with E-state index in [0.29, 0.717) is 6.04 Å². The van der Waals surface area contributed by atoms with Crippen LogP contribution in [0.5, 0.6) is 0 Å². The Morgan fingerprint density at radius 2 is 1.58 bits per heavy atom. The summed E-state index contributed by atoms with van der Waals surface area (Å²) in [7, 11) is 0. The number of nitrogens with one attached hydrogen (secondary N) is 1. The molecule has 1 aromatic carbocycles. The summed E-state index contributed by atoms with van der Waals surface area (Å²) in [5, 5.41) is 3.47. The molecule has 0 radical (unpaired) electrons. The first-order valence-electron chi connectivity index (χ1n) is 7.89. The molecule has 106 valence electrons. The average Bonchev–Trinajstić information content (AvgIpc) is 2.39. The van der Waals surface area contributed by atoms with Gasteiger partial charge in [-0.15, -0.1) is 0 Å². The van der Waals surface area contributed by atoms with Crippen LogP contribution in [0.4, 0.5) is 5.69 Å². The maximum atomic E-state index is 3.47. The zero-order valence-electron chi connectivity index (χ0n) is 12.5. The van der Waals surface area contributed by atoms with Gasteiger partial charge in [-0.25, -0.2) is 0 Å². The third-order valence-corrected chi connectivity index (χ3v) is 4.12. The zero-order chi connectivity index (χ0) is 13.5. The van der Waals surface area contributed by atoms with Crippen LogP contribution in [0.15, 0.2) is 24.3 Å². The molecule has 1 atom stereocenters. The van der Waals surface area contributed by atoms with Gasteiger partial charge in [0.2, 0.25) is 0 Å². The first-order chi connectivity index (χ1) is 9.31. The van der Waals surface area contributed by atoms with E-state index in [4.69, 9.17) is 0 Å². The van der Waals surface area contributed by atoms with Gasteiger partial charge in [-0.3, -0.25) is 0 Å². The fourth-order valence-electron chi connectivity index (χ4n) is 2.90. The number of benzene rings is 1. The van der Waals surface area contributed by atoms with Gasteiger partial charge in [0.05, 0.1) is 0 Å². The molecule has 0 spiro atoms. The van der Waals surface area contributed by atoms with Crippen LogP contribution >= 0.6 is 0 Å². The molecule has 2 heteroatoms. The second-order valence-corrected chi connectivity index (χ2v) is 5.63. The summed E-state index contributed by atoms with van der Waals surface area (Å²) in [5.41, 5.74) is 2.78. The highest BCUT2D eigenvalue weighted by Gasteiger charge is 2.10. The molecule has 1 aromatic rings. The van der Waals surface area contributed by atoms with Crippen molar-refractivity contribution in [3.63, 3.8) is 0 Å². The highest BCUT2D eigenvalue weighted by atomic mass is 15.1. The van der Waals surface area contributed by atoms with E-state index in [0.717, 1.165) is 6.54 Å². The molecule has 0 bridgehead atoms. The summed E-state index contributed by atoms with van der Waals surface area (Å²) in [6, 6.07) is 9.60. The van der Waals surface area contributed by atoms with Crippen LogP contribution in [0.1, 0.15) is 57.6 Å². The maximum Gasteiger partial charge on any atom is 0.0366 e. The van der Waals surface area contributed by atoms with Crippen LogP contribution in [0.2, 0.25) is 0 Å². The van der Waals surface area contributed by atoms with Crippen molar-refractivity contribution in [2.75, 3.05) is 24.5 Å². The lowest BCUT2D eigenvalue weighted by Gasteiger charge is -2.27. The summed E-state index contributed by atoms with van der Waals surface area (Å²) in [4.78, 5) is 2.56. The molecule has 1 heterocycles. The van der Waals surface area contributed by atoms with Gasteiger partial charge in [-0.1, -0.05) is 38.3 Å². The summed E-state index contributed by atoms with van der Waals surface area (Å²) < 4.78 is 0. The van der Waals surface area contributed by atoms with Crippen LogP contribution in [0.25, 0.3) is 0 Å². The minimum Gasteiger partial charge on any atom is -0.372 e. The molecule has 0 amide bonds. The van der Waals surface area contributed by atoms with Crippen molar-refractivity contribution < 1.29 is 0 Å². The molecule has 2 nitrogen and oxygen atoms in total. The van der Waals surface area contributed by atoms with Gasteiger partial charge in [0, 0.05) is 24.8 Å². The molecule has 0 saturated carbocycles. The molecule has 2 rings (SSSR count). The lowest BCUT2D eigenvalue weighted by atomic mass is 10.1. The Balaban J connectivity index is 1.99. The molecule has 1 fully saturated rings. The molecule has 1 aliphatic rings. The molecule has 19 heavy (non-hydrogen) atoms. The molecule has 1 N–H and O–H groups in total. The fraction of sp³-hybridized carbons (Fsp3) is 0.647. The van der Waals surface area contributed by atoms with Crippen molar-refractivity contribution in [1.29, 1.82) is 0 Å². The minimum absolute atomic E-state index is 0.450. The summed E-state index contributed by atoms with van der Waals surface area (Å²) in [5.74, 6) is 0. The van der Waals surface area contributed by atoms with E-state index in [1.807, 2.05) is 0 Å². The minimum atomic E-state index is 0.450. The Kier molecular flexibility index (Phi) is 5.71. The van der Waals surface area contributed by atoms with Crippen molar-refractivity contribution in [3.8, 4) is 0 Å². The Hall–Kier alpha value is -1.02. The van der Waals surface area contributed by atoms with Crippen molar-refractivity contribution in [1.82, 2.24) is 5.32 Å². The van der Waals surface area contributed by atoms with Crippen molar-refractivity contribution in [2.24, 2.45) is 0 Å². The summed E-state index contributed by atoms with van der Waals surface area (Å²) in [6.07, 6.45) is 6.90. The van der Waals surface area contributed by atoms with Gasteiger partial charge < -0.3 is 10.2 Å². The largest absolute Gasteiger partial charge is 0.372 e. The standard InChI is InChI=1S/C17H28N2/c1-3-18-15(2)16-9-11-17(12-10-16)19-13-7-5-4-6-8-14-19/h9-12,15,18H,3-8,13-14H2,1-2H3. The summed E-state index contributed by atoms with van der Waals surface area (Å²) >= 11 is 0. The number of rotatable bonds is 4. The number of anilines is 1. The lowest BCUT2D eigenvalue weighted by Crippen LogP contribution is -2.27. The molecule has 1 unspecified atom stereocenters. The topological polar surface area (TPSA) is 15.3 Å². The fourth-order valence-corrected chi connectivity index (χ4v) is 2.90. The predicted octanol–water partition coefficient (Wildman–Crippen LogP) is 4.13. The monoisotopic (exact) mass is 260 g/mol. The third-order valence-electron chi connectivity index (χ3n) is 4.12.